The normalized spacial score (nSPS) is 19.1. The Hall–Kier alpha value is -1.07. The molecule has 1 aromatic carbocycles. The van der Waals surface area contributed by atoms with Gasteiger partial charge in [-0.15, -0.1) is 0 Å². The number of anilines is 1. The lowest BCUT2D eigenvalue weighted by Crippen LogP contribution is -2.33. The molecule has 2 rings (SSSR count). The third-order valence-electron chi connectivity index (χ3n) is 3.06. The van der Waals surface area contributed by atoms with Gasteiger partial charge in [-0.25, -0.2) is 4.39 Å². The molecule has 0 aromatic heterocycles. The van der Waals surface area contributed by atoms with Crippen molar-refractivity contribution in [1.82, 2.24) is 5.32 Å². The van der Waals surface area contributed by atoms with E-state index in [-0.39, 0.29) is 11.7 Å². The molecule has 1 aliphatic rings. The quantitative estimate of drug-likeness (QED) is 0.872. The largest absolute Gasteiger partial charge is 0.325 e. The molecule has 0 aliphatic carbocycles. The van der Waals surface area contributed by atoms with E-state index in [0.29, 0.717) is 17.5 Å². The summed E-state index contributed by atoms with van der Waals surface area (Å²) in [5, 5.41) is 6.54. The summed E-state index contributed by atoms with van der Waals surface area (Å²) in [7, 11) is 0. The first-order valence-electron chi connectivity index (χ1n) is 6.62. The average molecular weight is 282 g/mol. The van der Waals surface area contributed by atoms with Crippen molar-refractivity contribution in [3.05, 3.63) is 30.1 Å². The second kappa shape index (κ2) is 7.50. The minimum atomic E-state index is -0.301. The summed E-state index contributed by atoms with van der Waals surface area (Å²) < 4.78 is 12.7. The highest BCUT2D eigenvalue weighted by Gasteiger charge is 2.13. The fourth-order valence-electron chi connectivity index (χ4n) is 2.05. The van der Waals surface area contributed by atoms with Crippen molar-refractivity contribution in [2.75, 3.05) is 24.2 Å². The molecule has 1 heterocycles. The lowest BCUT2D eigenvalue weighted by atomic mass is 10.2. The van der Waals surface area contributed by atoms with E-state index in [4.69, 9.17) is 0 Å². The molecule has 3 nitrogen and oxygen atoms in total. The number of hydrogen-bond donors (Lipinski definition) is 2. The number of amides is 1. The third kappa shape index (κ3) is 5.20. The van der Waals surface area contributed by atoms with Crippen LogP contribution in [0.3, 0.4) is 0 Å². The van der Waals surface area contributed by atoms with Gasteiger partial charge in [0.15, 0.2) is 0 Å². The molecule has 0 saturated carbocycles. The van der Waals surface area contributed by atoms with Gasteiger partial charge < -0.3 is 10.6 Å². The van der Waals surface area contributed by atoms with Crippen molar-refractivity contribution in [1.29, 1.82) is 0 Å². The average Bonchev–Trinajstić information content (AvgIpc) is 2.43. The zero-order valence-corrected chi connectivity index (χ0v) is 11.6. The standard InChI is InChI=1S/C14H19FN2OS/c15-11-4-6-12(7-5-11)17-14(18)10-16-9-13-3-1-2-8-19-13/h4-7,13,16H,1-3,8-10H2,(H,17,18). The molecule has 1 unspecified atom stereocenters. The molecule has 1 saturated heterocycles. The molecule has 0 spiro atoms. The molecule has 1 aromatic rings. The SMILES string of the molecule is O=C(CNCC1CCCCS1)Nc1ccc(F)cc1. The van der Waals surface area contributed by atoms with Crippen molar-refractivity contribution in [2.24, 2.45) is 0 Å². The minimum absolute atomic E-state index is 0.0904. The van der Waals surface area contributed by atoms with Gasteiger partial charge in [-0.3, -0.25) is 4.79 Å². The van der Waals surface area contributed by atoms with Crippen molar-refractivity contribution in [3.63, 3.8) is 0 Å². The number of thioether (sulfide) groups is 1. The molecule has 1 aliphatic heterocycles. The highest BCUT2D eigenvalue weighted by molar-refractivity contribution is 7.99. The maximum Gasteiger partial charge on any atom is 0.238 e. The Labute approximate surface area is 117 Å². The Balaban J connectivity index is 1.65. The van der Waals surface area contributed by atoms with Crippen molar-refractivity contribution in [2.45, 2.75) is 24.5 Å². The minimum Gasteiger partial charge on any atom is -0.325 e. The van der Waals surface area contributed by atoms with Gasteiger partial charge in [-0.05, 0) is 42.9 Å². The van der Waals surface area contributed by atoms with Gasteiger partial charge in [0.2, 0.25) is 5.91 Å². The Morgan fingerprint density at radius 3 is 2.79 bits per heavy atom. The van der Waals surface area contributed by atoms with Crippen LogP contribution in [0.15, 0.2) is 24.3 Å². The third-order valence-corrected chi connectivity index (χ3v) is 4.46. The van der Waals surface area contributed by atoms with Gasteiger partial charge in [-0.1, -0.05) is 6.42 Å². The van der Waals surface area contributed by atoms with Gasteiger partial charge in [0.05, 0.1) is 6.54 Å². The van der Waals surface area contributed by atoms with Crippen LogP contribution in [0.4, 0.5) is 10.1 Å². The smallest absolute Gasteiger partial charge is 0.238 e. The van der Waals surface area contributed by atoms with Gasteiger partial charge in [0.25, 0.3) is 0 Å². The summed E-state index contributed by atoms with van der Waals surface area (Å²) in [6, 6.07) is 5.79. The van der Waals surface area contributed by atoms with Crippen LogP contribution in [0, 0.1) is 5.82 Å². The molecule has 0 bridgehead atoms. The maximum absolute atomic E-state index is 12.7. The second-order valence-corrected chi connectivity index (χ2v) is 6.08. The number of nitrogens with one attached hydrogen (secondary N) is 2. The van der Waals surface area contributed by atoms with Gasteiger partial charge >= 0.3 is 0 Å². The summed E-state index contributed by atoms with van der Waals surface area (Å²) in [4.78, 5) is 11.7. The summed E-state index contributed by atoms with van der Waals surface area (Å²) in [6.07, 6.45) is 3.84. The summed E-state index contributed by atoms with van der Waals surface area (Å²) in [6.45, 7) is 1.18. The molecule has 1 fully saturated rings. The van der Waals surface area contributed by atoms with E-state index in [1.807, 2.05) is 11.8 Å². The molecule has 19 heavy (non-hydrogen) atoms. The lowest BCUT2D eigenvalue weighted by Gasteiger charge is -2.21. The van der Waals surface area contributed by atoms with Crippen molar-refractivity contribution < 1.29 is 9.18 Å². The fourth-order valence-corrected chi connectivity index (χ4v) is 3.33. The van der Waals surface area contributed by atoms with E-state index in [9.17, 15) is 9.18 Å². The van der Waals surface area contributed by atoms with Gasteiger partial charge in [-0.2, -0.15) is 11.8 Å². The second-order valence-electron chi connectivity index (χ2n) is 4.67. The first-order valence-corrected chi connectivity index (χ1v) is 7.66. The molecule has 1 amide bonds. The van der Waals surface area contributed by atoms with E-state index < -0.39 is 0 Å². The summed E-state index contributed by atoms with van der Waals surface area (Å²) >= 11 is 1.98. The Morgan fingerprint density at radius 2 is 2.11 bits per heavy atom. The predicted molar refractivity (Wildman–Crippen MR) is 78.0 cm³/mol. The maximum atomic E-state index is 12.7. The molecule has 2 N–H and O–H groups in total. The Bertz CT molecular complexity index is 404. The van der Waals surface area contributed by atoms with Crippen molar-refractivity contribution in [3.8, 4) is 0 Å². The molecular formula is C14H19FN2OS. The van der Waals surface area contributed by atoms with Crippen LogP contribution in [-0.2, 0) is 4.79 Å². The van der Waals surface area contributed by atoms with E-state index in [0.717, 1.165) is 6.54 Å². The Morgan fingerprint density at radius 1 is 1.32 bits per heavy atom. The Kier molecular flexibility index (Phi) is 5.66. The summed E-state index contributed by atoms with van der Waals surface area (Å²) in [5.74, 6) is 0.839. The van der Waals surface area contributed by atoms with Crippen LogP contribution in [-0.4, -0.2) is 30.0 Å². The van der Waals surface area contributed by atoms with Crippen LogP contribution in [0.5, 0.6) is 0 Å². The highest BCUT2D eigenvalue weighted by atomic mass is 32.2. The monoisotopic (exact) mass is 282 g/mol. The molecule has 0 radical (unpaired) electrons. The fraction of sp³-hybridized carbons (Fsp3) is 0.500. The van der Waals surface area contributed by atoms with Gasteiger partial charge in [0, 0.05) is 17.5 Å². The molecule has 1 atom stereocenters. The van der Waals surface area contributed by atoms with Crippen LogP contribution >= 0.6 is 11.8 Å². The first-order chi connectivity index (χ1) is 9.24. The number of hydrogen-bond acceptors (Lipinski definition) is 3. The zero-order valence-electron chi connectivity index (χ0n) is 10.8. The molecular weight excluding hydrogens is 263 g/mol. The van der Waals surface area contributed by atoms with Crippen LogP contribution < -0.4 is 10.6 Å². The number of carbonyl (C=O) groups is 1. The van der Waals surface area contributed by atoms with E-state index in [1.54, 1.807) is 12.1 Å². The molecule has 104 valence electrons. The van der Waals surface area contributed by atoms with Crippen molar-refractivity contribution >= 4 is 23.4 Å². The predicted octanol–water partition coefficient (Wildman–Crippen LogP) is 2.64. The highest BCUT2D eigenvalue weighted by Crippen LogP contribution is 2.24. The number of halogens is 1. The summed E-state index contributed by atoms with van der Waals surface area (Å²) in [5.41, 5.74) is 0.625. The lowest BCUT2D eigenvalue weighted by molar-refractivity contribution is -0.115. The van der Waals surface area contributed by atoms with Gasteiger partial charge in [0.1, 0.15) is 5.82 Å². The molecule has 5 heteroatoms. The van der Waals surface area contributed by atoms with E-state index >= 15 is 0 Å². The topological polar surface area (TPSA) is 41.1 Å². The first kappa shape index (κ1) is 14.3. The van der Waals surface area contributed by atoms with Crippen LogP contribution in [0.25, 0.3) is 0 Å². The number of carbonyl (C=O) groups excluding carboxylic acids is 1. The zero-order chi connectivity index (χ0) is 13.5. The number of benzene rings is 1. The van der Waals surface area contributed by atoms with Crippen LogP contribution in [0.2, 0.25) is 0 Å². The van der Waals surface area contributed by atoms with Crippen LogP contribution in [0.1, 0.15) is 19.3 Å². The number of rotatable bonds is 5. The van der Waals surface area contributed by atoms with E-state index in [2.05, 4.69) is 10.6 Å². The van der Waals surface area contributed by atoms with E-state index in [1.165, 1.54) is 37.1 Å².